The van der Waals surface area contributed by atoms with Crippen LogP contribution in [0, 0.1) is 23.6 Å². The average Bonchev–Trinajstić information content (AvgIpc) is 3.96. The third-order valence-corrected chi connectivity index (χ3v) is 8.85. The summed E-state index contributed by atoms with van der Waals surface area (Å²) in [5.74, 6) is 2.13. The Labute approximate surface area is 248 Å². The number of nitrogens with zero attached hydrogens (tertiary/aromatic N) is 2. The molecule has 7 heteroatoms. The van der Waals surface area contributed by atoms with Gasteiger partial charge in [0.15, 0.2) is 0 Å². The van der Waals surface area contributed by atoms with Gasteiger partial charge in [0.2, 0.25) is 5.88 Å². The summed E-state index contributed by atoms with van der Waals surface area (Å²) in [6.45, 7) is 4.87. The molecule has 42 heavy (non-hydrogen) atoms. The van der Waals surface area contributed by atoms with Crippen molar-refractivity contribution in [2.24, 2.45) is 17.8 Å². The van der Waals surface area contributed by atoms with E-state index in [2.05, 4.69) is 40.2 Å². The molecule has 4 aliphatic rings. The number of piperidine rings is 1. The number of hydrogen-bond acceptors (Lipinski definition) is 6. The Morgan fingerprint density at radius 3 is 2.57 bits per heavy atom. The van der Waals surface area contributed by atoms with Crippen LogP contribution in [0.25, 0.3) is 11.1 Å². The highest BCUT2D eigenvalue weighted by atomic mass is 19.1. The number of aryl methyl sites for hydroxylation is 1. The second-order valence-electron chi connectivity index (χ2n) is 12.3. The summed E-state index contributed by atoms with van der Waals surface area (Å²) < 4.78 is 31.7. The number of aromatic nitrogens is 1. The number of esters is 1. The Bertz CT molecular complexity index is 1430. The van der Waals surface area contributed by atoms with Crippen LogP contribution in [0.2, 0.25) is 0 Å². The Hall–Kier alpha value is -3.45. The first-order valence-corrected chi connectivity index (χ1v) is 15.3. The van der Waals surface area contributed by atoms with Gasteiger partial charge in [-0.2, -0.15) is 0 Å². The fourth-order valence-electron chi connectivity index (χ4n) is 6.22. The van der Waals surface area contributed by atoms with Crippen molar-refractivity contribution in [3.8, 4) is 22.8 Å². The average molecular weight is 573 g/mol. The SMILES string of the molecule is C1CC1.COC(=O)C(C)Cc1ccc2c(c1)O[C@H](c1ccc(-c3cc(OC)ncc3F)c(CN3CC4CC4C3)c1)CC2. The Balaban J connectivity index is 0.000000990. The first-order valence-electron chi connectivity index (χ1n) is 15.3. The minimum absolute atomic E-state index is 0.0950. The molecule has 2 aliphatic heterocycles. The van der Waals surface area contributed by atoms with Crippen molar-refractivity contribution >= 4 is 5.97 Å². The van der Waals surface area contributed by atoms with Crippen molar-refractivity contribution in [1.82, 2.24) is 9.88 Å². The van der Waals surface area contributed by atoms with E-state index in [1.165, 1.54) is 44.6 Å². The minimum Gasteiger partial charge on any atom is -0.485 e. The highest BCUT2D eigenvalue weighted by Crippen LogP contribution is 2.46. The zero-order chi connectivity index (χ0) is 29.2. The first-order chi connectivity index (χ1) is 20.4. The molecule has 0 spiro atoms. The number of methoxy groups -OCH3 is 2. The van der Waals surface area contributed by atoms with Crippen LogP contribution in [0.1, 0.15) is 67.4 Å². The molecule has 0 bridgehead atoms. The van der Waals surface area contributed by atoms with E-state index < -0.39 is 0 Å². The molecular weight excluding hydrogens is 531 g/mol. The normalized spacial score (nSPS) is 22.5. The molecule has 0 radical (unpaired) electrons. The summed E-state index contributed by atoms with van der Waals surface area (Å²) in [4.78, 5) is 18.4. The van der Waals surface area contributed by atoms with E-state index in [1.54, 1.807) is 13.2 Å². The molecule has 0 N–H and O–H groups in total. The van der Waals surface area contributed by atoms with Gasteiger partial charge in [-0.15, -0.1) is 0 Å². The number of rotatable bonds is 8. The predicted octanol–water partition coefficient (Wildman–Crippen LogP) is 6.94. The summed E-state index contributed by atoms with van der Waals surface area (Å²) in [5.41, 5.74) is 5.80. The molecule has 1 aromatic heterocycles. The van der Waals surface area contributed by atoms with Crippen molar-refractivity contribution in [2.75, 3.05) is 27.3 Å². The second-order valence-corrected chi connectivity index (χ2v) is 12.3. The third-order valence-electron chi connectivity index (χ3n) is 8.85. The molecule has 3 heterocycles. The number of halogens is 1. The summed E-state index contributed by atoms with van der Waals surface area (Å²) in [6.07, 6.45) is 9.37. The Morgan fingerprint density at radius 1 is 1.07 bits per heavy atom. The summed E-state index contributed by atoms with van der Waals surface area (Å²) in [7, 11) is 2.97. The quantitative estimate of drug-likeness (QED) is 0.273. The molecule has 6 nitrogen and oxygen atoms in total. The number of ether oxygens (including phenoxy) is 3. The zero-order valence-electron chi connectivity index (χ0n) is 24.9. The Morgan fingerprint density at radius 2 is 1.86 bits per heavy atom. The number of carbonyl (C=O) groups is 1. The van der Waals surface area contributed by atoms with E-state index in [0.717, 1.165) is 72.3 Å². The van der Waals surface area contributed by atoms with Gasteiger partial charge in [0.25, 0.3) is 0 Å². The van der Waals surface area contributed by atoms with Crippen LogP contribution in [0.5, 0.6) is 11.6 Å². The minimum atomic E-state index is -0.356. The molecule has 4 atom stereocenters. The van der Waals surface area contributed by atoms with Crippen molar-refractivity contribution in [2.45, 2.75) is 64.5 Å². The van der Waals surface area contributed by atoms with Crippen LogP contribution < -0.4 is 9.47 Å². The first kappa shape index (κ1) is 28.7. The van der Waals surface area contributed by atoms with Crippen LogP contribution in [0.15, 0.2) is 48.7 Å². The molecule has 2 saturated carbocycles. The lowest BCUT2D eigenvalue weighted by Gasteiger charge is -2.28. The lowest BCUT2D eigenvalue weighted by molar-refractivity contribution is -0.144. The molecule has 2 aromatic carbocycles. The van der Waals surface area contributed by atoms with Gasteiger partial charge in [0.05, 0.1) is 26.3 Å². The van der Waals surface area contributed by atoms with Crippen LogP contribution >= 0.6 is 0 Å². The number of fused-ring (bicyclic) bond motifs is 2. The molecular formula is C35H41FN2O4. The number of carbonyl (C=O) groups excluding carboxylic acids is 1. The zero-order valence-corrected chi connectivity index (χ0v) is 24.9. The van der Waals surface area contributed by atoms with Crippen molar-refractivity contribution in [3.63, 3.8) is 0 Å². The lowest BCUT2D eigenvalue weighted by Crippen LogP contribution is -2.23. The van der Waals surface area contributed by atoms with E-state index in [9.17, 15) is 9.18 Å². The molecule has 3 unspecified atom stereocenters. The van der Waals surface area contributed by atoms with Gasteiger partial charge in [0, 0.05) is 31.3 Å². The van der Waals surface area contributed by atoms with Gasteiger partial charge < -0.3 is 14.2 Å². The van der Waals surface area contributed by atoms with Crippen molar-refractivity contribution in [3.05, 3.63) is 76.7 Å². The summed E-state index contributed by atoms with van der Waals surface area (Å²) in [5, 5.41) is 0. The molecule has 0 amide bonds. The monoisotopic (exact) mass is 572 g/mol. The summed E-state index contributed by atoms with van der Waals surface area (Å²) >= 11 is 0. The van der Waals surface area contributed by atoms with Gasteiger partial charge in [-0.25, -0.2) is 9.37 Å². The molecule has 3 fully saturated rings. The van der Waals surface area contributed by atoms with Crippen LogP contribution in [0.3, 0.4) is 0 Å². The number of hydrogen-bond donors (Lipinski definition) is 0. The number of benzene rings is 2. The molecule has 2 aliphatic carbocycles. The van der Waals surface area contributed by atoms with Gasteiger partial charge in [-0.1, -0.05) is 56.5 Å². The van der Waals surface area contributed by atoms with Gasteiger partial charge >= 0.3 is 5.97 Å². The second kappa shape index (κ2) is 12.4. The maximum absolute atomic E-state index is 15.0. The molecule has 1 saturated heterocycles. The topological polar surface area (TPSA) is 60.9 Å². The van der Waals surface area contributed by atoms with Crippen LogP contribution in [0.4, 0.5) is 4.39 Å². The lowest BCUT2D eigenvalue weighted by atomic mass is 9.91. The maximum Gasteiger partial charge on any atom is 0.308 e. The Kier molecular flexibility index (Phi) is 8.48. The predicted molar refractivity (Wildman–Crippen MR) is 160 cm³/mol. The highest BCUT2D eigenvalue weighted by molar-refractivity contribution is 5.72. The van der Waals surface area contributed by atoms with Crippen LogP contribution in [-0.4, -0.2) is 43.2 Å². The number of pyridine rings is 1. The van der Waals surface area contributed by atoms with Crippen molar-refractivity contribution in [1.29, 1.82) is 0 Å². The van der Waals surface area contributed by atoms with E-state index in [4.69, 9.17) is 14.2 Å². The fraction of sp³-hybridized carbons (Fsp3) is 0.486. The standard InChI is InChI=1S/C32H35FN2O4.C3H6/c1-19(32(36)38-3)10-20-4-5-21-7-9-29(39-30(21)11-20)22-6-8-26(27-14-31(37-2)34-15-28(27)33)25(12-22)18-35-16-23-13-24(23)17-35;1-2-3-1/h4-6,8,11-12,14-15,19,23-24,29H,7,9-10,13,16-18H2,1-3H3;1-3H2/t19?,23?,24?,29-;/m0./s1. The molecule has 222 valence electrons. The van der Waals surface area contributed by atoms with E-state index in [1.807, 2.05) is 13.0 Å². The maximum atomic E-state index is 15.0. The fourth-order valence-corrected chi connectivity index (χ4v) is 6.22. The smallest absolute Gasteiger partial charge is 0.308 e. The largest absolute Gasteiger partial charge is 0.485 e. The van der Waals surface area contributed by atoms with Crippen LogP contribution in [-0.2, 0) is 28.9 Å². The van der Waals surface area contributed by atoms with Gasteiger partial charge in [-0.05, 0) is 71.4 Å². The highest BCUT2D eigenvalue weighted by Gasteiger charge is 2.44. The van der Waals surface area contributed by atoms with E-state index in [-0.39, 0.29) is 23.8 Å². The van der Waals surface area contributed by atoms with E-state index >= 15 is 0 Å². The van der Waals surface area contributed by atoms with Gasteiger partial charge in [-0.3, -0.25) is 9.69 Å². The third kappa shape index (κ3) is 6.62. The van der Waals surface area contributed by atoms with E-state index in [0.29, 0.717) is 17.9 Å². The summed E-state index contributed by atoms with van der Waals surface area (Å²) in [6, 6.07) is 14.2. The molecule has 7 rings (SSSR count). The van der Waals surface area contributed by atoms with Crippen molar-refractivity contribution < 1.29 is 23.4 Å². The number of likely N-dealkylation sites (tertiary alicyclic amines) is 1. The van der Waals surface area contributed by atoms with Gasteiger partial charge in [0.1, 0.15) is 17.7 Å². The molecule has 3 aromatic rings.